The molecular weight excluding hydrogens is 226 g/mol. The van der Waals surface area contributed by atoms with Crippen molar-refractivity contribution in [2.45, 2.75) is 6.42 Å². The number of hydrogen-bond donors (Lipinski definition) is 1. The van der Waals surface area contributed by atoms with E-state index < -0.39 is 0 Å². The quantitative estimate of drug-likeness (QED) is 0.878. The van der Waals surface area contributed by atoms with Crippen LogP contribution in [0.5, 0.6) is 11.5 Å². The number of hydrogen-bond acceptors (Lipinski definition) is 3. The Morgan fingerprint density at radius 1 is 1.06 bits per heavy atom. The Kier molecular flexibility index (Phi) is 4.05. The van der Waals surface area contributed by atoms with Crippen molar-refractivity contribution < 1.29 is 9.47 Å². The van der Waals surface area contributed by atoms with Crippen molar-refractivity contribution in [3.05, 3.63) is 35.9 Å². The summed E-state index contributed by atoms with van der Waals surface area (Å²) in [6.45, 7) is 0.915. The molecule has 0 radical (unpaired) electrons. The fourth-order valence-electron chi connectivity index (χ4n) is 2.23. The van der Waals surface area contributed by atoms with Crippen LogP contribution < -0.4 is 14.8 Å². The smallest absolute Gasteiger partial charge is 0.130 e. The van der Waals surface area contributed by atoms with Crippen LogP contribution >= 0.6 is 0 Å². The van der Waals surface area contributed by atoms with Crippen LogP contribution in [0.1, 0.15) is 5.56 Å². The van der Waals surface area contributed by atoms with Crippen LogP contribution in [0, 0.1) is 0 Å². The highest BCUT2D eigenvalue weighted by Gasteiger charge is 2.12. The van der Waals surface area contributed by atoms with Crippen molar-refractivity contribution in [1.29, 1.82) is 0 Å². The minimum absolute atomic E-state index is 0.900. The van der Waals surface area contributed by atoms with E-state index in [9.17, 15) is 0 Å². The Hall–Kier alpha value is -1.74. The summed E-state index contributed by atoms with van der Waals surface area (Å²) in [5, 5.41) is 5.35. The fraction of sp³-hybridized carbons (Fsp3) is 0.333. The van der Waals surface area contributed by atoms with Crippen molar-refractivity contribution in [2.75, 3.05) is 27.8 Å². The highest BCUT2D eigenvalue weighted by molar-refractivity contribution is 5.94. The summed E-state index contributed by atoms with van der Waals surface area (Å²) in [5.41, 5.74) is 1.17. The Morgan fingerprint density at radius 3 is 2.39 bits per heavy atom. The third-order valence-electron chi connectivity index (χ3n) is 3.10. The molecule has 1 N–H and O–H groups in total. The largest absolute Gasteiger partial charge is 0.496 e. The molecule has 3 heteroatoms. The number of rotatable bonds is 5. The lowest BCUT2D eigenvalue weighted by Crippen LogP contribution is -2.11. The van der Waals surface area contributed by atoms with Gasteiger partial charge < -0.3 is 14.8 Å². The minimum atomic E-state index is 0.900. The SMILES string of the molecule is CNCCc1cc(OC)c2ccccc2c1OC. The summed E-state index contributed by atoms with van der Waals surface area (Å²) in [6, 6.07) is 10.2. The summed E-state index contributed by atoms with van der Waals surface area (Å²) >= 11 is 0. The monoisotopic (exact) mass is 245 g/mol. The summed E-state index contributed by atoms with van der Waals surface area (Å²) in [7, 11) is 5.37. The zero-order valence-electron chi connectivity index (χ0n) is 11.1. The van der Waals surface area contributed by atoms with Crippen LogP contribution in [0.3, 0.4) is 0 Å². The number of ether oxygens (including phenoxy) is 2. The van der Waals surface area contributed by atoms with Crippen molar-refractivity contribution in [1.82, 2.24) is 5.32 Å². The van der Waals surface area contributed by atoms with Crippen molar-refractivity contribution in [3.63, 3.8) is 0 Å². The standard InChI is InChI=1S/C15H19NO2/c1-16-9-8-11-10-14(17-2)12-6-4-5-7-13(12)15(11)18-3/h4-7,10,16H,8-9H2,1-3H3. The van der Waals surface area contributed by atoms with E-state index in [2.05, 4.69) is 23.5 Å². The summed E-state index contributed by atoms with van der Waals surface area (Å²) < 4.78 is 11.0. The first-order valence-corrected chi connectivity index (χ1v) is 6.09. The molecule has 0 amide bonds. The molecule has 0 saturated heterocycles. The van der Waals surface area contributed by atoms with E-state index in [0.717, 1.165) is 35.2 Å². The van der Waals surface area contributed by atoms with Gasteiger partial charge in [0.15, 0.2) is 0 Å². The Bertz CT molecular complexity index is 537. The summed E-state index contributed by atoms with van der Waals surface area (Å²) in [4.78, 5) is 0. The van der Waals surface area contributed by atoms with Gasteiger partial charge in [-0.2, -0.15) is 0 Å². The van der Waals surface area contributed by atoms with Gasteiger partial charge in [0, 0.05) is 10.8 Å². The summed E-state index contributed by atoms with van der Waals surface area (Å²) in [6.07, 6.45) is 0.918. The average molecular weight is 245 g/mol. The Balaban J connectivity index is 2.62. The normalized spacial score (nSPS) is 10.6. The first-order valence-electron chi connectivity index (χ1n) is 6.09. The van der Waals surface area contributed by atoms with E-state index in [1.54, 1.807) is 14.2 Å². The number of likely N-dealkylation sites (N-methyl/N-ethyl adjacent to an activating group) is 1. The van der Waals surface area contributed by atoms with Crippen LogP contribution in [-0.4, -0.2) is 27.8 Å². The molecule has 0 saturated carbocycles. The van der Waals surface area contributed by atoms with Gasteiger partial charge in [-0.1, -0.05) is 24.3 Å². The molecule has 0 unspecified atom stereocenters. The molecule has 18 heavy (non-hydrogen) atoms. The molecular formula is C15H19NO2. The maximum Gasteiger partial charge on any atom is 0.130 e. The lowest BCUT2D eigenvalue weighted by Gasteiger charge is -2.15. The van der Waals surface area contributed by atoms with Gasteiger partial charge in [0.25, 0.3) is 0 Å². The predicted molar refractivity (Wildman–Crippen MR) is 74.7 cm³/mol. The third kappa shape index (κ3) is 2.27. The highest BCUT2D eigenvalue weighted by atomic mass is 16.5. The second kappa shape index (κ2) is 5.74. The van der Waals surface area contributed by atoms with Gasteiger partial charge in [-0.05, 0) is 31.6 Å². The van der Waals surface area contributed by atoms with Gasteiger partial charge in [-0.15, -0.1) is 0 Å². The molecule has 0 aliphatic rings. The van der Waals surface area contributed by atoms with Gasteiger partial charge in [0.2, 0.25) is 0 Å². The molecule has 2 aromatic carbocycles. The molecule has 0 aromatic heterocycles. The molecule has 0 heterocycles. The van der Waals surface area contributed by atoms with Gasteiger partial charge in [-0.3, -0.25) is 0 Å². The Labute approximate surface area is 108 Å². The molecule has 0 bridgehead atoms. The van der Waals surface area contributed by atoms with E-state index in [4.69, 9.17) is 9.47 Å². The zero-order chi connectivity index (χ0) is 13.0. The van der Waals surface area contributed by atoms with E-state index in [1.165, 1.54) is 5.56 Å². The fourth-order valence-corrected chi connectivity index (χ4v) is 2.23. The van der Waals surface area contributed by atoms with E-state index in [-0.39, 0.29) is 0 Å². The Morgan fingerprint density at radius 2 is 1.78 bits per heavy atom. The van der Waals surface area contributed by atoms with Gasteiger partial charge in [0.1, 0.15) is 11.5 Å². The first-order chi connectivity index (χ1) is 8.81. The maximum atomic E-state index is 5.57. The minimum Gasteiger partial charge on any atom is -0.496 e. The predicted octanol–water partition coefficient (Wildman–Crippen LogP) is 2.62. The van der Waals surface area contributed by atoms with E-state index in [1.807, 2.05) is 19.2 Å². The molecule has 0 aliphatic carbocycles. The second-order valence-electron chi connectivity index (χ2n) is 4.17. The molecule has 3 nitrogen and oxygen atoms in total. The molecule has 0 fully saturated rings. The molecule has 2 rings (SSSR count). The molecule has 2 aromatic rings. The van der Waals surface area contributed by atoms with Crippen LogP contribution in [-0.2, 0) is 6.42 Å². The number of fused-ring (bicyclic) bond motifs is 1. The topological polar surface area (TPSA) is 30.5 Å². The third-order valence-corrected chi connectivity index (χ3v) is 3.10. The lowest BCUT2D eigenvalue weighted by molar-refractivity contribution is 0.406. The van der Waals surface area contributed by atoms with Crippen molar-refractivity contribution in [3.8, 4) is 11.5 Å². The molecule has 0 spiro atoms. The highest BCUT2D eigenvalue weighted by Crippen LogP contribution is 2.36. The van der Waals surface area contributed by atoms with Crippen LogP contribution in [0.25, 0.3) is 10.8 Å². The number of benzene rings is 2. The van der Waals surface area contributed by atoms with Crippen molar-refractivity contribution in [2.24, 2.45) is 0 Å². The van der Waals surface area contributed by atoms with Crippen LogP contribution in [0.15, 0.2) is 30.3 Å². The van der Waals surface area contributed by atoms with Gasteiger partial charge in [0.05, 0.1) is 14.2 Å². The molecule has 96 valence electrons. The molecule has 0 aliphatic heterocycles. The van der Waals surface area contributed by atoms with E-state index in [0.29, 0.717) is 0 Å². The zero-order valence-corrected chi connectivity index (χ0v) is 11.1. The van der Waals surface area contributed by atoms with Crippen LogP contribution in [0.4, 0.5) is 0 Å². The average Bonchev–Trinajstić information content (AvgIpc) is 2.43. The number of methoxy groups -OCH3 is 2. The molecule has 0 atom stereocenters. The van der Waals surface area contributed by atoms with E-state index >= 15 is 0 Å². The summed E-state index contributed by atoms with van der Waals surface area (Å²) in [5.74, 6) is 1.85. The van der Waals surface area contributed by atoms with Gasteiger partial charge >= 0.3 is 0 Å². The van der Waals surface area contributed by atoms with Crippen LogP contribution in [0.2, 0.25) is 0 Å². The maximum absolute atomic E-state index is 5.57. The second-order valence-corrected chi connectivity index (χ2v) is 4.17. The van der Waals surface area contributed by atoms with Gasteiger partial charge in [-0.25, -0.2) is 0 Å². The first kappa shape index (κ1) is 12.7. The van der Waals surface area contributed by atoms with Crippen molar-refractivity contribution >= 4 is 10.8 Å². The lowest BCUT2D eigenvalue weighted by atomic mass is 10.0. The number of nitrogens with one attached hydrogen (secondary N) is 1.